The summed E-state index contributed by atoms with van der Waals surface area (Å²) in [6.45, 7) is 3.07. The molecule has 1 aromatic heterocycles. The summed E-state index contributed by atoms with van der Waals surface area (Å²) >= 11 is 7.51. The van der Waals surface area contributed by atoms with Crippen LogP contribution in [0.2, 0.25) is 5.02 Å². The predicted molar refractivity (Wildman–Crippen MR) is 120 cm³/mol. The molecule has 7 heteroatoms. The molecule has 1 aliphatic heterocycles. The summed E-state index contributed by atoms with van der Waals surface area (Å²) in [5.74, 6) is 0.418. The average Bonchev–Trinajstić information content (AvgIpc) is 2.76. The molecule has 1 aliphatic rings. The Morgan fingerprint density at radius 2 is 1.76 bits per heavy atom. The van der Waals surface area contributed by atoms with Crippen molar-refractivity contribution in [3.05, 3.63) is 70.0 Å². The number of hydrogen-bond acceptors (Lipinski definition) is 4. The van der Waals surface area contributed by atoms with Gasteiger partial charge in [-0.3, -0.25) is 9.59 Å². The molecule has 29 heavy (non-hydrogen) atoms. The van der Waals surface area contributed by atoms with E-state index in [0.29, 0.717) is 23.9 Å². The molecule has 4 rings (SSSR count). The molecule has 0 atom stereocenters. The zero-order valence-corrected chi connectivity index (χ0v) is 17.7. The Labute approximate surface area is 178 Å². The van der Waals surface area contributed by atoms with Gasteiger partial charge in [-0.05, 0) is 24.3 Å². The van der Waals surface area contributed by atoms with Crippen LogP contribution in [0.5, 0.6) is 0 Å². The molecule has 0 saturated carbocycles. The number of rotatable bonds is 4. The number of thioether (sulfide) groups is 1. The van der Waals surface area contributed by atoms with E-state index in [0.717, 1.165) is 28.9 Å². The maximum Gasteiger partial charge on any atom is 0.251 e. The first-order valence-corrected chi connectivity index (χ1v) is 10.9. The fraction of sp³-hybridized carbons (Fsp3) is 0.273. The van der Waals surface area contributed by atoms with Crippen LogP contribution in [0.3, 0.4) is 0 Å². The number of para-hydroxylation sites is 1. The fourth-order valence-electron chi connectivity index (χ4n) is 3.60. The molecule has 0 unspecified atom stereocenters. The number of pyridine rings is 1. The van der Waals surface area contributed by atoms with Gasteiger partial charge in [0.1, 0.15) is 0 Å². The van der Waals surface area contributed by atoms with Crippen LogP contribution < -0.4 is 10.5 Å². The SMILES string of the molecule is Cn1c(=O)cc(SCC(=O)N2CCN(c3ccccc3)CC2)c2ccc(Cl)cc21. The first kappa shape index (κ1) is 19.9. The highest BCUT2D eigenvalue weighted by Crippen LogP contribution is 2.28. The fourth-order valence-corrected chi connectivity index (χ4v) is 4.74. The number of aromatic nitrogens is 1. The number of anilines is 1. The van der Waals surface area contributed by atoms with Gasteiger partial charge in [-0.15, -0.1) is 11.8 Å². The van der Waals surface area contributed by atoms with Crippen molar-refractivity contribution in [2.75, 3.05) is 36.8 Å². The van der Waals surface area contributed by atoms with Crippen LogP contribution >= 0.6 is 23.4 Å². The van der Waals surface area contributed by atoms with Crippen LogP contribution in [-0.2, 0) is 11.8 Å². The zero-order chi connectivity index (χ0) is 20.4. The normalized spacial score (nSPS) is 14.4. The summed E-state index contributed by atoms with van der Waals surface area (Å²) in [7, 11) is 1.73. The number of carbonyl (C=O) groups excluding carboxylic acids is 1. The Kier molecular flexibility index (Phi) is 5.83. The summed E-state index contributed by atoms with van der Waals surface area (Å²) in [5.41, 5.74) is 1.86. The van der Waals surface area contributed by atoms with E-state index in [9.17, 15) is 9.59 Å². The molecule has 1 fully saturated rings. The monoisotopic (exact) mass is 427 g/mol. The van der Waals surface area contributed by atoms with E-state index < -0.39 is 0 Å². The molecule has 2 aromatic carbocycles. The number of aryl methyl sites for hydroxylation is 1. The van der Waals surface area contributed by atoms with Gasteiger partial charge in [0.05, 0.1) is 11.3 Å². The third kappa shape index (κ3) is 4.28. The summed E-state index contributed by atoms with van der Waals surface area (Å²) in [6, 6.07) is 17.4. The number of carbonyl (C=O) groups is 1. The zero-order valence-electron chi connectivity index (χ0n) is 16.2. The number of hydrogen-bond donors (Lipinski definition) is 0. The second-order valence-electron chi connectivity index (χ2n) is 7.06. The lowest BCUT2D eigenvalue weighted by Gasteiger charge is -2.36. The first-order valence-electron chi connectivity index (χ1n) is 9.53. The number of nitrogens with zero attached hydrogens (tertiary/aromatic N) is 3. The van der Waals surface area contributed by atoms with Gasteiger partial charge in [0, 0.05) is 60.3 Å². The van der Waals surface area contributed by atoms with Crippen LogP contribution in [0, 0.1) is 0 Å². The van der Waals surface area contributed by atoms with E-state index in [1.807, 2.05) is 35.2 Å². The summed E-state index contributed by atoms with van der Waals surface area (Å²) in [6.07, 6.45) is 0. The Balaban J connectivity index is 1.42. The van der Waals surface area contributed by atoms with Gasteiger partial charge in [0.25, 0.3) is 5.56 Å². The maximum atomic E-state index is 12.7. The summed E-state index contributed by atoms with van der Waals surface area (Å²) in [4.78, 5) is 30.1. The highest BCUT2D eigenvalue weighted by atomic mass is 35.5. The lowest BCUT2D eigenvalue weighted by molar-refractivity contribution is -0.128. The van der Waals surface area contributed by atoms with Gasteiger partial charge in [0.2, 0.25) is 5.91 Å². The summed E-state index contributed by atoms with van der Waals surface area (Å²) in [5, 5.41) is 1.52. The Hall–Kier alpha value is -2.44. The van der Waals surface area contributed by atoms with Crippen LogP contribution in [0.4, 0.5) is 5.69 Å². The molecule has 1 saturated heterocycles. The van der Waals surface area contributed by atoms with E-state index in [4.69, 9.17) is 11.6 Å². The minimum absolute atomic E-state index is 0.102. The second-order valence-corrected chi connectivity index (χ2v) is 8.51. The Bertz CT molecular complexity index is 1090. The van der Waals surface area contributed by atoms with E-state index in [2.05, 4.69) is 17.0 Å². The maximum absolute atomic E-state index is 12.7. The molecular formula is C22H22ClN3O2S. The van der Waals surface area contributed by atoms with Crippen molar-refractivity contribution in [3.8, 4) is 0 Å². The highest BCUT2D eigenvalue weighted by molar-refractivity contribution is 8.00. The predicted octanol–water partition coefficient (Wildman–Crippen LogP) is 3.63. The molecule has 0 radical (unpaired) electrons. The second kappa shape index (κ2) is 8.51. The molecule has 3 aromatic rings. The van der Waals surface area contributed by atoms with Crippen molar-refractivity contribution in [3.63, 3.8) is 0 Å². The van der Waals surface area contributed by atoms with E-state index in [1.54, 1.807) is 23.7 Å². The topological polar surface area (TPSA) is 45.6 Å². The Morgan fingerprint density at radius 1 is 1.03 bits per heavy atom. The molecular weight excluding hydrogens is 406 g/mol. The lowest BCUT2D eigenvalue weighted by atomic mass is 10.2. The molecule has 0 N–H and O–H groups in total. The van der Waals surface area contributed by atoms with Crippen molar-refractivity contribution in [1.29, 1.82) is 0 Å². The third-order valence-electron chi connectivity index (χ3n) is 5.28. The van der Waals surface area contributed by atoms with Crippen molar-refractivity contribution < 1.29 is 4.79 Å². The number of amides is 1. The molecule has 150 valence electrons. The largest absolute Gasteiger partial charge is 0.368 e. The molecule has 0 spiro atoms. The van der Waals surface area contributed by atoms with Crippen LogP contribution in [0.1, 0.15) is 0 Å². The average molecular weight is 428 g/mol. The van der Waals surface area contributed by atoms with E-state index >= 15 is 0 Å². The van der Waals surface area contributed by atoms with Crippen LogP contribution in [-0.4, -0.2) is 47.3 Å². The van der Waals surface area contributed by atoms with Crippen molar-refractivity contribution in [2.45, 2.75) is 4.90 Å². The van der Waals surface area contributed by atoms with Crippen molar-refractivity contribution in [2.24, 2.45) is 7.05 Å². The van der Waals surface area contributed by atoms with E-state index in [1.165, 1.54) is 17.4 Å². The molecule has 1 amide bonds. The highest BCUT2D eigenvalue weighted by Gasteiger charge is 2.21. The van der Waals surface area contributed by atoms with Gasteiger partial charge >= 0.3 is 0 Å². The quantitative estimate of drug-likeness (QED) is 0.596. The van der Waals surface area contributed by atoms with Gasteiger partial charge in [-0.2, -0.15) is 0 Å². The number of benzene rings is 2. The molecule has 0 aliphatic carbocycles. The van der Waals surface area contributed by atoms with Crippen molar-refractivity contribution in [1.82, 2.24) is 9.47 Å². The van der Waals surface area contributed by atoms with Gasteiger partial charge in [-0.1, -0.05) is 35.9 Å². The Morgan fingerprint density at radius 3 is 2.48 bits per heavy atom. The molecule has 0 bridgehead atoms. The van der Waals surface area contributed by atoms with Gasteiger partial charge in [0.15, 0.2) is 0 Å². The number of halogens is 1. The van der Waals surface area contributed by atoms with E-state index in [-0.39, 0.29) is 11.5 Å². The third-order valence-corrected chi connectivity index (χ3v) is 6.55. The number of piperazine rings is 1. The van der Waals surface area contributed by atoms with Gasteiger partial charge < -0.3 is 14.4 Å². The first-order chi connectivity index (χ1) is 14.0. The minimum atomic E-state index is -0.105. The smallest absolute Gasteiger partial charge is 0.251 e. The minimum Gasteiger partial charge on any atom is -0.368 e. The summed E-state index contributed by atoms with van der Waals surface area (Å²) < 4.78 is 1.58. The number of fused-ring (bicyclic) bond motifs is 1. The lowest BCUT2D eigenvalue weighted by Crippen LogP contribution is -2.49. The standard InChI is InChI=1S/C22H22ClN3O2S/c1-24-19-13-16(23)7-8-18(19)20(14-21(24)27)29-15-22(28)26-11-9-25(10-12-26)17-5-3-2-4-6-17/h2-8,13-14H,9-12,15H2,1H3. The van der Waals surface area contributed by atoms with Crippen LogP contribution in [0.25, 0.3) is 10.9 Å². The van der Waals surface area contributed by atoms with Crippen molar-refractivity contribution >= 4 is 45.9 Å². The van der Waals surface area contributed by atoms with Gasteiger partial charge in [-0.25, -0.2) is 0 Å². The molecule has 2 heterocycles. The molecule has 5 nitrogen and oxygen atoms in total. The van der Waals surface area contributed by atoms with Crippen LogP contribution in [0.15, 0.2) is 64.3 Å².